The monoisotopic (exact) mass is 294 g/mol. The van der Waals surface area contributed by atoms with Gasteiger partial charge in [0.1, 0.15) is 4.90 Å². The summed E-state index contributed by atoms with van der Waals surface area (Å²) in [7, 11) is -3.63. The fourth-order valence-electron chi connectivity index (χ4n) is 1.93. The Hall–Kier alpha value is -1.79. The molecule has 0 aliphatic heterocycles. The van der Waals surface area contributed by atoms with Crippen LogP contribution in [0.3, 0.4) is 0 Å². The van der Waals surface area contributed by atoms with E-state index >= 15 is 0 Å². The van der Waals surface area contributed by atoms with Crippen molar-refractivity contribution < 1.29 is 13.5 Å². The molecule has 0 atom stereocenters. The molecular formula is C14H18N2O3S. The van der Waals surface area contributed by atoms with Gasteiger partial charge < -0.3 is 9.67 Å². The summed E-state index contributed by atoms with van der Waals surface area (Å²) in [6.45, 7) is 4.25. The molecule has 0 spiro atoms. The lowest BCUT2D eigenvalue weighted by Crippen LogP contribution is -2.12. The first kappa shape index (κ1) is 14.6. The Morgan fingerprint density at radius 1 is 1.25 bits per heavy atom. The Balaban J connectivity index is 2.30. The number of aryl methyl sites for hydroxylation is 2. The van der Waals surface area contributed by atoms with Gasteiger partial charge in [0.15, 0.2) is 0 Å². The van der Waals surface area contributed by atoms with E-state index in [9.17, 15) is 13.5 Å². The average Bonchev–Trinajstić information content (AvgIpc) is 2.85. The lowest BCUT2D eigenvalue weighted by Gasteiger charge is -2.06. The minimum absolute atomic E-state index is 0.156. The predicted molar refractivity (Wildman–Crippen MR) is 78.0 cm³/mol. The van der Waals surface area contributed by atoms with Gasteiger partial charge in [-0.3, -0.25) is 4.72 Å². The Morgan fingerprint density at radius 3 is 2.40 bits per heavy atom. The third-order valence-electron chi connectivity index (χ3n) is 3.08. The summed E-state index contributed by atoms with van der Waals surface area (Å²) in [4.78, 5) is 0.156. The Morgan fingerprint density at radius 2 is 1.90 bits per heavy atom. The maximum atomic E-state index is 12.3. The van der Waals surface area contributed by atoms with Gasteiger partial charge in [-0.05, 0) is 32.0 Å². The van der Waals surface area contributed by atoms with Crippen LogP contribution in [0.25, 0.3) is 0 Å². The van der Waals surface area contributed by atoms with E-state index in [4.69, 9.17) is 0 Å². The van der Waals surface area contributed by atoms with Crippen molar-refractivity contribution in [3.05, 3.63) is 47.8 Å². The summed E-state index contributed by atoms with van der Waals surface area (Å²) in [6, 6.07) is 8.61. The normalized spacial score (nSPS) is 11.6. The summed E-state index contributed by atoms with van der Waals surface area (Å²) in [6.07, 6.45) is 1.53. The molecule has 0 unspecified atom stereocenters. The second kappa shape index (κ2) is 5.68. The van der Waals surface area contributed by atoms with Crippen molar-refractivity contribution in [1.82, 2.24) is 4.57 Å². The number of hydrogen-bond acceptors (Lipinski definition) is 3. The van der Waals surface area contributed by atoms with Gasteiger partial charge in [-0.25, -0.2) is 8.42 Å². The van der Waals surface area contributed by atoms with Crippen molar-refractivity contribution in [2.45, 2.75) is 31.9 Å². The van der Waals surface area contributed by atoms with E-state index in [1.165, 1.54) is 12.3 Å². The van der Waals surface area contributed by atoms with Crippen LogP contribution in [0, 0.1) is 6.92 Å². The minimum Gasteiger partial charge on any atom is -0.390 e. The van der Waals surface area contributed by atoms with Crippen LogP contribution in [0.2, 0.25) is 0 Å². The van der Waals surface area contributed by atoms with Gasteiger partial charge in [0, 0.05) is 24.1 Å². The molecule has 0 saturated carbocycles. The molecule has 0 fully saturated rings. The molecule has 0 bridgehead atoms. The van der Waals surface area contributed by atoms with Crippen molar-refractivity contribution >= 4 is 15.7 Å². The van der Waals surface area contributed by atoms with Crippen molar-refractivity contribution in [1.29, 1.82) is 0 Å². The number of anilines is 1. The number of aliphatic hydroxyl groups excluding tert-OH is 1. The van der Waals surface area contributed by atoms with E-state index in [2.05, 4.69) is 4.72 Å². The van der Waals surface area contributed by atoms with E-state index in [-0.39, 0.29) is 11.5 Å². The van der Waals surface area contributed by atoms with Crippen molar-refractivity contribution in [3.8, 4) is 0 Å². The number of aromatic nitrogens is 1. The van der Waals surface area contributed by atoms with E-state index in [0.29, 0.717) is 17.9 Å². The molecule has 0 aliphatic carbocycles. The minimum atomic E-state index is -3.63. The van der Waals surface area contributed by atoms with Gasteiger partial charge in [0.05, 0.1) is 6.61 Å². The van der Waals surface area contributed by atoms with Gasteiger partial charge in [-0.2, -0.15) is 0 Å². The molecule has 5 nitrogen and oxygen atoms in total. The first-order chi connectivity index (χ1) is 9.46. The summed E-state index contributed by atoms with van der Waals surface area (Å²) in [5, 5.41) is 9.21. The maximum Gasteiger partial charge on any atom is 0.263 e. The second-order valence-corrected chi connectivity index (χ2v) is 6.27. The van der Waals surface area contributed by atoms with Crippen molar-refractivity contribution in [2.24, 2.45) is 0 Å². The van der Waals surface area contributed by atoms with Gasteiger partial charge in [-0.1, -0.05) is 17.7 Å². The Bertz CT molecular complexity index is 666. The molecule has 108 valence electrons. The molecule has 0 saturated heterocycles. The highest BCUT2D eigenvalue weighted by Gasteiger charge is 2.18. The molecule has 6 heteroatoms. The summed E-state index contributed by atoms with van der Waals surface area (Å²) >= 11 is 0. The number of hydrogen-bond donors (Lipinski definition) is 2. The van der Waals surface area contributed by atoms with Crippen LogP contribution in [-0.2, 0) is 23.2 Å². The van der Waals surface area contributed by atoms with E-state index in [1.807, 2.05) is 26.0 Å². The number of aliphatic hydroxyl groups is 1. The van der Waals surface area contributed by atoms with Crippen LogP contribution in [0.1, 0.15) is 18.2 Å². The molecule has 2 aromatic rings. The number of benzene rings is 1. The lowest BCUT2D eigenvalue weighted by molar-refractivity contribution is 0.271. The van der Waals surface area contributed by atoms with Crippen LogP contribution in [0.5, 0.6) is 0 Å². The molecule has 0 amide bonds. The number of rotatable bonds is 5. The topological polar surface area (TPSA) is 71.3 Å². The van der Waals surface area contributed by atoms with E-state index in [1.54, 1.807) is 16.7 Å². The molecule has 0 radical (unpaired) electrons. The van der Waals surface area contributed by atoms with Crippen molar-refractivity contribution in [3.63, 3.8) is 0 Å². The number of sulfonamides is 1. The highest BCUT2D eigenvalue weighted by molar-refractivity contribution is 7.92. The summed E-state index contributed by atoms with van der Waals surface area (Å²) in [5.41, 5.74) is 2.16. The van der Waals surface area contributed by atoms with Gasteiger partial charge >= 0.3 is 0 Å². The molecule has 2 N–H and O–H groups in total. The highest BCUT2D eigenvalue weighted by Crippen LogP contribution is 2.19. The zero-order chi connectivity index (χ0) is 14.8. The van der Waals surface area contributed by atoms with E-state index < -0.39 is 10.0 Å². The van der Waals surface area contributed by atoms with Crippen LogP contribution < -0.4 is 4.72 Å². The third-order valence-corrected chi connectivity index (χ3v) is 4.43. The average molecular weight is 294 g/mol. The number of nitrogens with one attached hydrogen (secondary N) is 1. The highest BCUT2D eigenvalue weighted by atomic mass is 32.2. The quantitative estimate of drug-likeness (QED) is 0.887. The standard InChI is InChI=1S/C14H18N2O3S/c1-3-16-9-14(8-13(16)10-17)20(18,19)15-12-6-4-11(2)5-7-12/h4-9,15,17H,3,10H2,1-2H3. The predicted octanol–water partition coefficient (Wildman–Crippen LogP) is 2.11. The molecule has 1 aromatic heterocycles. The SMILES string of the molecule is CCn1cc(S(=O)(=O)Nc2ccc(C)cc2)cc1CO. The largest absolute Gasteiger partial charge is 0.390 e. The molecule has 1 heterocycles. The Kier molecular flexibility index (Phi) is 4.15. The maximum absolute atomic E-state index is 12.3. The smallest absolute Gasteiger partial charge is 0.263 e. The van der Waals surface area contributed by atoms with Crippen LogP contribution >= 0.6 is 0 Å². The van der Waals surface area contributed by atoms with Gasteiger partial charge in [0.2, 0.25) is 0 Å². The first-order valence-electron chi connectivity index (χ1n) is 6.35. The van der Waals surface area contributed by atoms with Crippen LogP contribution in [0.15, 0.2) is 41.4 Å². The Labute approximate surface area is 118 Å². The molecular weight excluding hydrogens is 276 g/mol. The number of nitrogens with zero attached hydrogens (tertiary/aromatic N) is 1. The third kappa shape index (κ3) is 3.02. The zero-order valence-corrected chi connectivity index (χ0v) is 12.3. The first-order valence-corrected chi connectivity index (χ1v) is 7.84. The van der Waals surface area contributed by atoms with Gasteiger partial charge in [0.25, 0.3) is 10.0 Å². The molecule has 1 aromatic carbocycles. The lowest BCUT2D eigenvalue weighted by atomic mass is 10.2. The molecule has 2 rings (SSSR count). The van der Waals surface area contributed by atoms with Crippen molar-refractivity contribution in [2.75, 3.05) is 4.72 Å². The van der Waals surface area contributed by atoms with Gasteiger partial charge in [-0.15, -0.1) is 0 Å². The molecule has 0 aliphatic rings. The zero-order valence-electron chi connectivity index (χ0n) is 11.5. The fourth-order valence-corrected chi connectivity index (χ4v) is 3.06. The molecule has 20 heavy (non-hydrogen) atoms. The van der Waals surface area contributed by atoms with E-state index in [0.717, 1.165) is 5.56 Å². The second-order valence-electron chi connectivity index (χ2n) is 4.58. The van der Waals surface area contributed by atoms with Crippen LogP contribution in [0.4, 0.5) is 5.69 Å². The fraction of sp³-hybridized carbons (Fsp3) is 0.286. The summed E-state index contributed by atoms with van der Waals surface area (Å²) < 4.78 is 28.8. The summed E-state index contributed by atoms with van der Waals surface area (Å²) in [5.74, 6) is 0. The van der Waals surface area contributed by atoms with Crippen LogP contribution in [-0.4, -0.2) is 18.1 Å².